The molecule has 0 saturated heterocycles. The second-order valence-electron chi connectivity index (χ2n) is 6.43. The van der Waals surface area contributed by atoms with E-state index in [1.54, 1.807) is 4.90 Å². The first-order valence-electron chi connectivity index (χ1n) is 8.92. The number of amides is 2. The molecule has 1 aromatic heterocycles. The summed E-state index contributed by atoms with van der Waals surface area (Å²) in [5, 5.41) is 3.42. The number of carbonyl (C=O) groups is 2. The molecule has 3 aromatic rings. The van der Waals surface area contributed by atoms with Crippen LogP contribution in [0.4, 0.5) is 9.93 Å². The number of ether oxygens (including phenoxy) is 1. The van der Waals surface area contributed by atoms with Gasteiger partial charge in [0, 0.05) is 23.4 Å². The van der Waals surface area contributed by atoms with Crippen LogP contribution in [0, 0.1) is 0 Å². The van der Waals surface area contributed by atoms with Crippen molar-refractivity contribution in [1.29, 1.82) is 0 Å². The van der Waals surface area contributed by atoms with Crippen LogP contribution in [0.2, 0.25) is 0 Å². The molecule has 0 spiro atoms. The SMILES string of the molecule is COC(=O)N1CCc2nc(NC(=O)c3ccc(-c4ccccc4)cc3)sc2C1. The highest BCUT2D eigenvalue weighted by Gasteiger charge is 2.25. The maximum absolute atomic E-state index is 12.6. The molecule has 6 nitrogen and oxygen atoms in total. The number of carbonyl (C=O) groups excluding carboxylic acids is 2. The summed E-state index contributed by atoms with van der Waals surface area (Å²) in [6.45, 7) is 1.03. The van der Waals surface area contributed by atoms with Gasteiger partial charge in [-0.1, -0.05) is 53.8 Å². The summed E-state index contributed by atoms with van der Waals surface area (Å²) in [7, 11) is 1.37. The van der Waals surface area contributed by atoms with Crippen molar-refractivity contribution < 1.29 is 14.3 Å². The maximum Gasteiger partial charge on any atom is 0.409 e. The van der Waals surface area contributed by atoms with Crippen LogP contribution >= 0.6 is 11.3 Å². The average molecular weight is 393 g/mol. The van der Waals surface area contributed by atoms with Gasteiger partial charge in [-0.25, -0.2) is 9.78 Å². The molecule has 2 amide bonds. The Labute approximate surface area is 166 Å². The molecular formula is C21H19N3O3S. The van der Waals surface area contributed by atoms with Gasteiger partial charge in [-0.15, -0.1) is 0 Å². The van der Waals surface area contributed by atoms with E-state index in [0.717, 1.165) is 21.7 Å². The molecule has 0 radical (unpaired) electrons. The van der Waals surface area contributed by atoms with E-state index in [4.69, 9.17) is 4.74 Å². The number of benzene rings is 2. The number of methoxy groups -OCH3 is 1. The van der Waals surface area contributed by atoms with Crippen LogP contribution in [0.25, 0.3) is 11.1 Å². The van der Waals surface area contributed by atoms with Crippen LogP contribution in [0.15, 0.2) is 54.6 Å². The van der Waals surface area contributed by atoms with E-state index in [9.17, 15) is 9.59 Å². The average Bonchev–Trinajstić information content (AvgIpc) is 3.15. The summed E-state index contributed by atoms with van der Waals surface area (Å²) in [6.07, 6.45) is 0.311. The van der Waals surface area contributed by atoms with Gasteiger partial charge in [0.2, 0.25) is 0 Å². The fourth-order valence-corrected chi connectivity index (χ4v) is 4.17. The Morgan fingerprint density at radius 3 is 2.50 bits per heavy atom. The molecule has 2 aromatic carbocycles. The zero-order chi connectivity index (χ0) is 19.5. The lowest BCUT2D eigenvalue weighted by molar-refractivity contribution is 0.102. The number of thiazole rings is 1. The molecular weight excluding hydrogens is 374 g/mol. The van der Waals surface area contributed by atoms with E-state index in [2.05, 4.69) is 10.3 Å². The number of hydrogen-bond acceptors (Lipinski definition) is 5. The van der Waals surface area contributed by atoms with E-state index in [-0.39, 0.29) is 12.0 Å². The minimum Gasteiger partial charge on any atom is -0.453 e. The molecule has 7 heteroatoms. The van der Waals surface area contributed by atoms with Crippen LogP contribution in [0.3, 0.4) is 0 Å². The van der Waals surface area contributed by atoms with Gasteiger partial charge in [-0.3, -0.25) is 10.1 Å². The van der Waals surface area contributed by atoms with E-state index >= 15 is 0 Å². The first-order valence-corrected chi connectivity index (χ1v) is 9.74. The molecule has 0 saturated carbocycles. The Morgan fingerprint density at radius 2 is 1.79 bits per heavy atom. The lowest BCUT2D eigenvalue weighted by Gasteiger charge is -2.24. The van der Waals surface area contributed by atoms with Gasteiger partial charge in [0.05, 0.1) is 19.3 Å². The molecule has 0 fully saturated rings. The molecule has 0 atom stereocenters. The number of rotatable bonds is 3. The van der Waals surface area contributed by atoms with Gasteiger partial charge in [-0.2, -0.15) is 0 Å². The molecule has 28 heavy (non-hydrogen) atoms. The van der Waals surface area contributed by atoms with Gasteiger partial charge in [0.25, 0.3) is 5.91 Å². The summed E-state index contributed by atoms with van der Waals surface area (Å²) in [5.74, 6) is -0.199. The van der Waals surface area contributed by atoms with Crippen molar-refractivity contribution in [3.8, 4) is 11.1 Å². The highest BCUT2D eigenvalue weighted by molar-refractivity contribution is 7.15. The predicted octanol–water partition coefficient (Wildman–Crippen LogP) is 4.19. The monoisotopic (exact) mass is 393 g/mol. The summed E-state index contributed by atoms with van der Waals surface area (Å²) in [5.41, 5.74) is 3.67. The first-order chi connectivity index (χ1) is 13.6. The zero-order valence-corrected chi connectivity index (χ0v) is 16.2. The van der Waals surface area contributed by atoms with Crippen LogP contribution in [0.5, 0.6) is 0 Å². The summed E-state index contributed by atoms with van der Waals surface area (Å²) in [6, 6.07) is 17.5. The van der Waals surface area contributed by atoms with E-state index in [1.807, 2.05) is 54.6 Å². The van der Waals surface area contributed by atoms with Crippen molar-refractivity contribution in [2.75, 3.05) is 19.0 Å². The van der Waals surface area contributed by atoms with Gasteiger partial charge in [0.15, 0.2) is 5.13 Å². The fourth-order valence-electron chi connectivity index (χ4n) is 3.15. The van der Waals surface area contributed by atoms with E-state index in [0.29, 0.717) is 30.2 Å². The molecule has 142 valence electrons. The Morgan fingerprint density at radius 1 is 1.07 bits per heavy atom. The summed E-state index contributed by atoms with van der Waals surface area (Å²) < 4.78 is 4.78. The minimum absolute atomic E-state index is 0.199. The number of aromatic nitrogens is 1. The summed E-state index contributed by atoms with van der Waals surface area (Å²) >= 11 is 1.40. The number of fused-ring (bicyclic) bond motifs is 1. The highest BCUT2D eigenvalue weighted by atomic mass is 32.1. The van der Waals surface area contributed by atoms with Gasteiger partial charge in [-0.05, 0) is 23.3 Å². The maximum atomic E-state index is 12.6. The first kappa shape index (κ1) is 18.2. The van der Waals surface area contributed by atoms with Crippen LogP contribution in [-0.2, 0) is 17.7 Å². The number of nitrogens with one attached hydrogen (secondary N) is 1. The zero-order valence-electron chi connectivity index (χ0n) is 15.3. The molecule has 2 heterocycles. The lowest BCUT2D eigenvalue weighted by atomic mass is 10.0. The van der Waals surface area contributed by atoms with Crippen molar-refractivity contribution in [2.45, 2.75) is 13.0 Å². The Bertz CT molecular complexity index is 999. The Hall–Kier alpha value is -3.19. The third-order valence-electron chi connectivity index (χ3n) is 4.64. The molecule has 0 bridgehead atoms. The van der Waals surface area contributed by atoms with Crippen LogP contribution in [0.1, 0.15) is 20.9 Å². The Balaban J connectivity index is 1.45. The van der Waals surface area contributed by atoms with Gasteiger partial charge in [0.1, 0.15) is 0 Å². The molecule has 1 N–H and O–H groups in total. The normalized spacial score (nSPS) is 13.0. The molecule has 0 unspecified atom stereocenters. The minimum atomic E-state index is -0.344. The molecule has 4 rings (SSSR count). The van der Waals surface area contributed by atoms with E-state index in [1.165, 1.54) is 18.4 Å². The van der Waals surface area contributed by atoms with E-state index < -0.39 is 0 Å². The predicted molar refractivity (Wildman–Crippen MR) is 108 cm³/mol. The summed E-state index contributed by atoms with van der Waals surface area (Å²) in [4.78, 5) is 31.4. The van der Waals surface area contributed by atoms with Crippen molar-refractivity contribution in [2.24, 2.45) is 0 Å². The Kier molecular flexibility index (Phi) is 5.08. The molecule has 1 aliphatic heterocycles. The second-order valence-corrected chi connectivity index (χ2v) is 7.51. The van der Waals surface area contributed by atoms with Crippen LogP contribution in [-0.4, -0.2) is 35.5 Å². The standard InChI is InChI=1S/C21H19N3O3S/c1-27-21(26)24-12-11-17-18(13-24)28-20(22-17)23-19(25)16-9-7-15(8-10-16)14-5-3-2-4-6-14/h2-10H,11-13H2,1H3,(H,22,23,25). The topological polar surface area (TPSA) is 71.5 Å². The van der Waals surface area contributed by atoms with Crippen LogP contribution < -0.4 is 5.32 Å². The smallest absolute Gasteiger partial charge is 0.409 e. The second kappa shape index (κ2) is 7.82. The van der Waals surface area contributed by atoms with Crippen molar-refractivity contribution in [3.05, 3.63) is 70.7 Å². The lowest BCUT2D eigenvalue weighted by Crippen LogP contribution is -2.35. The quantitative estimate of drug-likeness (QED) is 0.724. The third kappa shape index (κ3) is 3.75. The fraction of sp³-hybridized carbons (Fsp3) is 0.190. The van der Waals surface area contributed by atoms with Gasteiger partial charge >= 0.3 is 6.09 Å². The molecule has 1 aliphatic rings. The van der Waals surface area contributed by atoms with Crippen molar-refractivity contribution in [3.63, 3.8) is 0 Å². The number of hydrogen-bond donors (Lipinski definition) is 1. The largest absolute Gasteiger partial charge is 0.453 e. The molecule has 0 aliphatic carbocycles. The highest BCUT2D eigenvalue weighted by Crippen LogP contribution is 2.29. The number of nitrogens with zero attached hydrogens (tertiary/aromatic N) is 2. The number of anilines is 1. The van der Waals surface area contributed by atoms with Crippen molar-refractivity contribution >= 4 is 28.5 Å². The third-order valence-corrected chi connectivity index (χ3v) is 5.64. The van der Waals surface area contributed by atoms with Crippen molar-refractivity contribution in [1.82, 2.24) is 9.88 Å². The van der Waals surface area contributed by atoms with Gasteiger partial charge < -0.3 is 9.64 Å².